The summed E-state index contributed by atoms with van der Waals surface area (Å²) in [6.45, 7) is -4.56. The molecule has 0 radical (unpaired) electrons. The molecule has 0 spiro atoms. The zero-order valence-electron chi connectivity index (χ0n) is 13.4. The van der Waals surface area contributed by atoms with Crippen molar-refractivity contribution < 1.29 is 35.4 Å². The molecule has 1 heterocycles. The van der Waals surface area contributed by atoms with E-state index in [0.717, 1.165) is 14.7 Å². The largest absolute Gasteiger partial charge is 0.391 e. The molecule has 0 saturated carbocycles. The summed E-state index contributed by atoms with van der Waals surface area (Å²) in [5.74, 6) is -3.95. The Balaban J connectivity index is 3.63. The summed E-state index contributed by atoms with van der Waals surface area (Å²) >= 11 is 0. The fourth-order valence-corrected chi connectivity index (χ4v) is 2.82. The lowest BCUT2D eigenvalue weighted by Gasteiger charge is -2.60. The van der Waals surface area contributed by atoms with Gasteiger partial charge < -0.3 is 41.1 Å². The van der Waals surface area contributed by atoms with Crippen molar-refractivity contribution in [2.45, 2.75) is 11.6 Å². The molecule has 1 rings (SSSR count). The highest BCUT2D eigenvalue weighted by Crippen LogP contribution is 2.34. The monoisotopic (exact) mass is 354 g/mol. The van der Waals surface area contributed by atoms with Gasteiger partial charge in [-0.1, -0.05) is 0 Å². The van der Waals surface area contributed by atoms with Gasteiger partial charge in [0, 0.05) is 7.11 Å². The van der Waals surface area contributed by atoms with Crippen LogP contribution in [0.1, 0.15) is 0 Å². The van der Waals surface area contributed by atoms with E-state index in [1.165, 1.54) is 7.11 Å². The molecule has 142 valence electrons. The maximum atomic E-state index is 10.1. The van der Waals surface area contributed by atoms with Gasteiger partial charge in [0.25, 0.3) is 0 Å². The summed E-state index contributed by atoms with van der Waals surface area (Å²) in [7, 11) is 1.34. The number of nitrogens with one attached hydrogen (secondary N) is 1. The van der Waals surface area contributed by atoms with Gasteiger partial charge in [0.05, 0.1) is 19.9 Å². The number of hydrogen-bond donors (Lipinski definition) is 8. The molecule has 2 atom stereocenters. The number of aliphatic imine (C=N–C) groups is 1. The molecule has 24 heavy (non-hydrogen) atoms. The second kappa shape index (κ2) is 8.82. The van der Waals surface area contributed by atoms with Crippen LogP contribution in [0.25, 0.3) is 0 Å². The van der Waals surface area contributed by atoms with Gasteiger partial charge in [0.1, 0.15) is 26.9 Å². The second-order valence-electron chi connectivity index (χ2n) is 4.95. The maximum Gasteiger partial charge on any atom is 0.201 e. The smallest absolute Gasteiger partial charge is 0.201 e. The van der Waals surface area contributed by atoms with Gasteiger partial charge in [-0.05, 0) is 0 Å². The van der Waals surface area contributed by atoms with Crippen molar-refractivity contribution in [1.29, 1.82) is 0 Å². The minimum atomic E-state index is -1.83. The summed E-state index contributed by atoms with van der Waals surface area (Å²) in [5, 5.41) is 60.9. The molecule has 13 nitrogen and oxygen atoms in total. The van der Waals surface area contributed by atoms with Crippen molar-refractivity contribution in [1.82, 2.24) is 20.0 Å². The van der Waals surface area contributed by atoms with Crippen LogP contribution in [0.15, 0.2) is 4.99 Å². The Morgan fingerprint density at radius 1 is 1.17 bits per heavy atom. The third-order valence-corrected chi connectivity index (χ3v) is 3.93. The maximum absolute atomic E-state index is 10.1. The van der Waals surface area contributed by atoms with Crippen LogP contribution in [-0.2, 0) is 4.74 Å². The van der Waals surface area contributed by atoms with Crippen LogP contribution in [0.2, 0.25) is 0 Å². The van der Waals surface area contributed by atoms with Crippen LogP contribution in [-0.4, -0.2) is 117 Å². The summed E-state index contributed by atoms with van der Waals surface area (Å²) in [6, 6.07) is 0. The number of nitrogens with two attached hydrogens (primary N) is 1. The number of ether oxygens (including phenoxy) is 1. The average molecular weight is 354 g/mol. The molecule has 0 amide bonds. The zero-order chi connectivity index (χ0) is 18.4. The first-order chi connectivity index (χ1) is 11.5. The Morgan fingerprint density at radius 2 is 1.83 bits per heavy atom. The Labute approximate surface area is 138 Å². The first-order valence-corrected chi connectivity index (χ1v) is 7.02. The normalized spacial score (nSPS) is 28.5. The Hall–Kier alpha value is -1.13. The third kappa shape index (κ3) is 3.18. The lowest BCUT2D eigenvalue weighted by Crippen LogP contribution is -2.84. The molecule has 1 aliphatic rings. The van der Waals surface area contributed by atoms with Gasteiger partial charge in [-0.15, -0.1) is 0 Å². The summed E-state index contributed by atoms with van der Waals surface area (Å²) in [6.07, 6.45) is 0. The highest BCUT2D eigenvalue weighted by Gasteiger charge is 2.58. The molecular formula is C11H26N6O7. The first kappa shape index (κ1) is 20.9. The van der Waals surface area contributed by atoms with Crippen molar-refractivity contribution in [3.63, 3.8) is 0 Å². The number of aliphatic hydroxyl groups excluding tert-OH is 6. The van der Waals surface area contributed by atoms with Gasteiger partial charge in [-0.25, -0.2) is 14.8 Å². The number of hydrogen-bond acceptors (Lipinski definition) is 13. The first-order valence-electron chi connectivity index (χ1n) is 7.02. The molecular weight excluding hydrogens is 328 g/mol. The summed E-state index contributed by atoms with van der Waals surface area (Å²) in [4.78, 5) is 7.17. The summed E-state index contributed by atoms with van der Waals surface area (Å²) in [5.41, 5.74) is 5.84. The fraction of sp³-hybridized carbons (Fsp3) is 0.909. The van der Waals surface area contributed by atoms with Crippen LogP contribution in [0, 0.1) is 0 Å². The quantitative estimate of drug-likeness (QED) is 0.174. The standard InChI is InChI=1S/C11H26N6O7/c1-24-8-15(5-21)11(3-19)16(6-22)9(12)14-10(2-18,13-4-20)17(11)7-23/h13,18-23H,2-8H2,1H3,(H2,12,14). The Bertz CT molecular complexity index is 430. The number of nitrogens with zero attached hydrogens (tertiary/aromatic N) is 4. The lowest BCUT2D eigenvalue weighted by molar-refractivity contribution is -0.282. The Morgan fingerprint density at radius 3 is 2.21 bits per heavy atom. The molecule has 0 bridgehead atoms. The van der Waals surface area contributed by atoms with E-state index < -0.39 is 51.7 Å². The summed E-state index contributed by atoms with van der Waals surface area (Å²) < 4.78 is 4.98. The van der Waals surface area contributed by atoms with E-state index in [1.807, 2.05) is 0 Å². The highest BCUT2D eigenvalue weighted by molar-refractivity contribution is 5.80. The average Bonchev–Trinajstić information content (AvgIpc) is 2.59. The number of aliphatic hydroxyl groups is 6. The third-order valence-electron chi connectivity index (χ3n) is 3.93. The zero-order valence-corrected chi connectivity index (χ0v) is 13.4. The van der Waals surface area contributed by atoms with Crippen molar-refractivity contribution in [3.05, 3.63) is 0 Å². The molecule has 1 aliphatic heterocycles. The minimum absolute atomic E-state index is 0.224. The fourth-order valence-electron chi connectivity index (χ4n) is 2.82. The lowest BCUT2D eigenvalue weighted by atomic mass is 10.1. The van der Waals surface area contributed by atoms with Gasteiger partial charge in [-0.3, -0.25) is 10.2 Å². The molecule has 0 aromatic rings. The molecule has 0 saturated heterocycles. The van der Waals surface area contributed by atoms with Crippen molar-refractivity contribution in [3.8, 4) is 0 Å². The number of guanidine groups is 1. The van der Waals surface area contributed by atoms with Crippen molar-refractivity contribution >= 4 is 5.96 Å². The predicted octanol–water partition coefficient (Wildman–Crippen LogP) is -5.49. The van der Waals surface area contributed by atoms with Gasteiger partial charge >= 0.3 is 0 Å². The van der Waals surface area contributed by atoms with Crippen LogP contribution >= 0.6 is 0 Å². The highest BCUT2D eigenvalue weighted by atomic mass is 16.5. The topological polar surface area (TPSA) is 191 Å². The van der Waals surface area contributed by atoms with E-state index in [2.05, 4.69) is 10.3 Å². The van der Waals surface area contributed by atoms with Gasteiger partial charge in [0.15, 0.2) is 11.7 Å². The molecule has 0 aromatic carbocycles. The van der Waals surface area contributed by atoms with E-state index in [4.69, 9.17) is 10.5 Å². The van der Waals surface area contributed by atoms with E-state index >= 15 is 0 Å². The molecule has 13 heteroatoms. The van der Waals surface area contributed by atoms with Crippen LogP contribution in [0.5, 0.6) is 0 Å². The van der Waals surface area contributed by atoms with Crippen LogP contribution in [0.3, 0.4) is 0 Å². The SMILES string of the molecule is COCN(CO)C1(CO)N(CO)C(N)=NC(CO)(NCO)N1CO. The minimum Gasteiger partial charge on any atom is -0.391 e. The number of methoxy groups -OCH3 is 1. The predicted molar refractivity (Wildman–Crippen MR) is 80.1 cm³/mol. The molecule has 2 unspecified atom stereocenters. The second-order valence-corrected chi connectivity index (χ2v) is 4.95. The molecule has 9 N–H and O–H groups in total. The van der Waals surface area contributed by atoms with Crippen LogP contribution in [0.4, 0.5) is 0 Å². The Kier molecular flexibility index (Phi) is 7.68. The van der Waals surface area contributed by atoms with Gasteiger partial charge in [-0.2, -0.15) is 0 Å². The molecule has 0 aliphatic carbocycles. The van der Waals surface area contributed by atoms with Crippen molar-refractivity contribution in [2.24, 2.45) is 10.7 Å². The van der Waals surface area contributed by atoms with Gasteiger partial charge in [0.2, 0.25) is 5.79 Å². The van der Waals surface area contributed by atoms with E-state index in [0.29, 0.717) is 0 Å². The van der Waals surface area contributed by atoms with E-state index in [-0.39, 0.29) is 12.7 Å². The van der Waals surface area contributed by atoms with Crippen LogP contribution < -0.4 is 11.1 Å². The van der Waals surface area contributed by atoms with Crippen molar-refractivity contribution in [2.75, 3.05) is 54.0 Å². The molecule has 0 fully saturated rings. The van der Waals surface area contributed by atoms with E-state index in [9.17, 15) is 30.6 Å². The van der Waals surface area contributed by atoms with E-state index in [1.54, 1.807) is 0 Å². The number of rotatable bonds is 10. The molecule has 0 aromatic heterocycles.